The molecule has 0 saturated carbocycles. The largest absolute Gasteiger partial charge is 0.503 e. The SMILES string of the molecule is CCCCN1C(=O)C(O)=C(C(=O)c2cc3cc(Cl)cc(OC)c3o2)C1c1cccc(OC(C)=O)c1. The number of carbonyl (C=O) groups is 3. The standard InChI is InChI=1S/C26H24ClNO7/c1-4-5-9-28-22(15-7-6-8-18(11-15)34-14(2)29)21(24(31)26(28)32)23(30)19-12-16-10-17(27)13-20(33-3)25(16)35-19/h6-8,10-13,22,31H,4-5,9H2,1-3H3. The van der Waals surface area contributed by atoms with Gasteiger partial charge in [0.05, 0.1) is 18.7 Å². The lowest BCUT2D eigenvalue weighted by atomic mass is 9.94. The van der Waals surface area contributed by atoms with Gasteiger partial charge in [-0.2, -0.15) is 0 Å². The van der Waals surface area contributed by atoms with Crippen LogP contribution in [-0.4, -0.2) is 41.3 Å². The molecule has 0 aliphatic carbocycles. The van der Waals surface area contributed by atoms with Crippen LogP contribution in [0.5, 0.6) is 11.5 Å². The number of hydrogen-bond acceptors (Lipinski definition) is 7. The fourth-order valence-electron chi connectivity index (χ4n) is 4.19. The molecule has 182 valence electrons. The molecular weight excluding hydrogens is 474 g/mol. The van der Waals surface area contributed by atoms with Crippen molar-refractivity contribution in [2.24, 2.45) is 0 Å². The number of aliphatic hydroxyl groups is 1. The van der Waals surface area contributed by atoms with Crippen LogP contribution in [0, 0.1) is 0 Å². The van der Waals surface area contributed by atoms with Crippen molar-refractivity contribution in [3.8, 4) is 11.5 Å². The van der Waals surface area contributed by atoms with Gasteiger partial charge in [-0.25, -0.2) is 0 Å². The molecular formula is C26H24ClNO7. The number of methoxy groups -OCH3 is 1. The van der Waals surface area contributed by atoms with Crippen molar-refractivity contribution in [2.45, 2.75) is 32.7 Å². The van der Waals surface area contributed by atoms with E-state index in [9.17, 15) is 19.5 Å². The highest BCUT2D eigenvalue weighted by Gasteiger charge is 2.44. The van der Waals surface area contributed by atoms with E-state index in [1.54, 1.807) is 36.4 Å². The monoisotopic (exact) mass is 497 g/mol. The summed E-state index contributed by atoms with van der Waals surface area (Å²) in [5.41, 5.74) is 0.716. The molecule has 4 rings (SSSR count). The van der Waals surface area contributed by atoms with Gasteiger partial charge in [0.1, 0.15) is 5.75 Å². The number of aliphatic hydroxyl groups excluding tert-OH is 1. The second kappa shape index (κ2) is 9.84. The lowest BCUT2D eigenvalue weighted by molar-refractivity contribution is -0.132. The van der Waals surface area contributed by atoms with Gasteiger partial charge in [0, 0.05) is 29.9 Å². The minimum absolute atomic E-state index is 0.0756. The Kier molecular flexibility index (Phi) is 6.84. The molecule has 0 saturated heterocycles. The summed E-state index contributed by atoms with van der Waals surface area (Å²) in [5, 5.41) is 11.8. The van der Waals surface area contributed by atoms with E-state index in [0.717, 1.165) is 6.42 Å². The Morgan fingerprint density at radius 3 is 2.66 bits per heavy atom. The van der Waals surface area contributed by atoms with Crippen LogP contribution in [0.1, 0.15) is 48.8 Å². The number of unbranched alkanes of at least 4 members (excludes halogenated alkanes) is 1. The summed E-state index contributed by atoms with van der Waals surface area (Å²) in [6, 6.07) is 10.3. The number of ketones is 1. The number of furan rings is 1. The number of carbonyl (C=O) groups excluding carboxylic acids is 3. The van der Waals surface area contributed by atoms with E-state index >= 15 is 0 Å². The molecule has 1 amide bonds. The van der Waals surface area contributed by atoms with Crippen molar-refractivity contribution in [1.29, 1.82) is 0 Å². The van der Waals surface area contributed by atoms with Gasteiger partial charge in [-0.05, 0) is 36.2 Å². The van der Waals surface area contributed by atoms with Gasteiger partial charge < -0.3 is 23.9 Å². The zero-order chi connectivity index (χ0) is 25.3. The predicted octanol–water partition coefficient (Wildman–Crippen LogP) is 5.40. The zero-order valence-corrected chi connectivity index (χ0v) is 20.2. The number of benzene rings is 2. The minimum Gasteiger partial charge on any atom is -0.503 e. The highest BCUT2D eigenvalue weighted by atomic mass is 35.5. The number of esters is 1. The number of fused-ring (bicyclic) bond motifs is 1. The van der Waals surface area contributed by atoms with Gasteiger partial charge >= 0.3 is 5.97 Å². The molecule has 9 heteroatoms. The van der Waals surface area contributed by atoms with Crippen molar-refractivity contribution < 1.29 is 33.4 Å². The van der Waals surface area contributed by atoms with Crippen LogP contribution >= 0.6 is 11.6 Å². The van der Waals surface area contributed by atoms with Gasteiger partial charge in [-0.15, -0.1) is 0 Å². The van der Waals surface area contributed by atoms with Crippen LogP contribution in [0.3, 0.4) is 0 Å². The topological polar surface area (TPSA) is 106 Å². The van der Waals surface area contributed by atoms with E-state index in [-0.39, 0.29) is 17.1 Å². The van der Waals surface area contributed by atoms with Gasteiger partial charge in [-0.1, -0.05) is 37.1 Å². The Morgan fingerprint density at radius 2 is 1.97 bits per heavy atom. The zero-order valence-electron chi connectivity index (χ0n) is 19.5. The quantitative estimate of drug-likeness (QED) is 0.252. The molecule has 8 nitrogen and oxygen atoms in total. The third-order valence-electron chi connectivity index (χ3n) is 5.73. The van der Waals surface area contributed by atoms with E-state index in [2.05, 4.69) is 0 Å². The average molecular weight is 498 g/mol. The second-order valence-electron chi connectivity index (χ2n) is 8.15. The van der Waals surface area contributed by atoms with E-state index in [1.807, 2.05) is 6.92 Å². The van der Waals surface area contributed by atoms with Crippen LogP contribution in [-0.2, 0) is 9.59 Å². The summed E-state index contributed by atoms with van der Waals surface area (Å²) in [7, 11) is 1.46. The van der Waals surface area contributed by atoms with Crippen molar-refractivity contribution in [3.05, 3.63) is 70.1 Å². The molecule has 1 atom stereocenters. The maximum Gasteiger partial charge on any atom is 0.308 e. The molecule has 1 unspecified atom stereocenters. The average Bonchev–Trinajstić information content (AvgIpc) is 3.35. The van der Waals surface area contributed by atoms with Gasteiger partial charge in [0.2, 0.25) is 5.78 Å². The number of Topliss-reactive ketones (excluding diaryl/α,β-unsaturated/α-hetero) is 1. The smallest absolute Gasteiger partial charge is 0.308 e. The number of hydrogen-bond donors (Lipinski definition) is 1. The first kappa shape index (κ1) is 24.3. The van der Waals surface area contributed by atoms with Crippen molar-refractivity contribution in [2.75, 3.05) is 13.7 Å². The molecule has 0 fully saturated rings. The van der Waals surface area contributed by atoms with Gasteiger partial charge in [-0.3, -0.25) is 14.4 Å². The lowest BCUT2D eigenvalue weighted by Crippen LogP contribution is -2.32. The Morgan fingerprint density at radius 1 is 1.20 bits per heavy atom. The molecule has 0 bridgehead atoms. The molecule has 1 aliphatic heterocycles. The molecule has 1 aliphatic rings. The molecule has 3 aromatic rings. The summed E-state index contributed by atoms with van der Waals surface area (Å²) in [5.74, 6) is -1.90. The molecule has 1 aromatic heterocycles. The number of halogens is 1. The van der Waals surface area contributed by atoms with Gasteiger partial charge in [0.15, 0.2) is 22.9 Å². The van der Waals surface area contributed by atoms with Crippen LogP contribution in [0.2, 0.25) is 5.02 Å². The Bertz CT molecular complexity index is 1360. The lowest BCUT2D eigenvalue weighted by Gasteiger charge is -2.26. The summed E-state index contributed by atoms with van der Waals surface area (Å²) >= 11 is 6.14. The first-order valence-electron chi connectivity index (χ1n) is 11.1. The summed E-state index contributed by atoms with van der Waals surface area (Å²) in [6.45, 7) is 3.58. The van der Waals surface area contributed by atoms with E-state index < -0.39 is 29.5 Å². The summed E-state index contributed by atoms with van der Waals surface area (Å²) in [6.07, 6.45) is 1.47. The van der Waals surface area contributed by atoms with Gasteiger partial charge in [0.25, 0.3) is 5.91 Å². The normalized spacial score (nSPS) is 15.7. The summed E-state index contributed by atoms with van der Waals surface area (Å²) < 4.78 is 16.3. The van der Waals surface area contributed by atoms with E-state index in [0.29, 0.717) is 40.3 Å². The van der Waals surface area contributed by atoms with Crippen LogP contribution in [0.25, 0.3) is 11.0 Å². The number of nitrogens with zero attached hydrogens (tertiary/aromatic N) is 1. The molecule has 2 heterocycles. The minimum atomic E-state index is -0.893. The first-order chi connectivity index (χ1) is 16.7. The van der Waals surface area contributed by atoms with Crippen LogP contribution in [0.15, 0.2) is 58.2 Å². The maximum atomic E-state index is 13.7. The third-order valence-corrected chi connectivity index (χ3v) is 5.95. The first-order valence-corrected chi connectivity index (χ1v) is 11.5. The van der Waals surface area contributed by atoms with Crippen molar-refractivity contribution in [1.82, 2.24) is 4.90 Å². The van der Waals surface area contributed by atoms with Crippen LogP contribution < -0.4 is 9.47 Å². The predicted molar refractivity (Wildman–Crippen MR) is 129 cm³/mol. The Balaban J connectivity index is 1.82. The molecule has 0 spiro atoms. The molecule has 35 heavy (non-hydrogen) atoms. The molecule has 1 N–H and O–H groups in total. The maximum absolute atomic E-state index is 13.7. The van der Waals surface area contributed by atoms with Crippen LogP contribution in [0.4, 0.5) is 0 Å². The third kappa shape index (κ3) is 4.61. The molecule has 2 aromatic carbocycles. The number of rotatable bonds is 8. The second-order valence-corrected chi connectivity index (χ2v) is 8.59. The summed E-state index contributed by atoms with van der Waals surface area (Å²) in [4.78, 5) is 39.6. The highest BCUT2D eigenvalue weighted by Crippen LogP contribution is 2.41. The number of ether oxygens (including phenoxy) is 2. The molecule has 0 radical (unpaired) electrons. The fraction of sp³-hybridized carbons (Fsp3) is 0.269. The van der Waals surface area contributed by atoms with E-state index in [1.165, 1.54) is 25.0 Å². The Labute approximate surface area is 206 Å². The fourth-order valence-corrected chi connectivity index (χ4v) is 4.40. The van der Waals surface area contributed by atoms with Crippen molar-refractivity contribution in [3.63, 3.8) is 0 Å². The van der Waals surface area contributed by atoms with Crippen molar-refractivity contribution >= 4 is 40.2 Å². The van der Waals surface area contributed by atoms with E-state index in [4.69, 9.17) is 25.5 Å². The number of amides is 1. The Hall–Kier alpha value is -3.78. The highest BCUT2D eigenvalue weighted by molar-refractivity contribution is 6.31.